The first-order valence-corrected chi connectivity index (χ1v) is 7.43. The van der Waals surface area contributed by atoms with Gasteiger partial charge in [0.25, 0.3) is 0 Å². The Balaban J connectivity index is 2.24. The normalized spacial score (nSPS) is 17.8. The number of carbonyl (C=O) groups excluding carboxylic acids is 1. The summed E-state index contributed by atoms with van der Waals surface area (Å²) in [7, 11) is 0. The van der Waals surface area contributed by atoms with Crippen molar-refractivity contribution in [2.45, 2.75) is 26.8 Å². The van der Waals surface area contributed by atoms with Crippen LogP contribution in [0.25, 0.3) is 0 Å². The molecule has 5 heteroatoms. The van der Waals surface area contributed by atoms with E-state index in [0.29, 0.717) is 6.54 Å². The molecule has 1 heterocycles. The number of nitrogens with zero attached hydrogens (tertiary/aromatic N) is 2. The second-order valence-corrected chi connectivity index (χ2v) is 5.32. The molecule has 112 valence electrons. The highest BCUT2D eigenvalue weighted by Crippen LogP contribution is 2.34. The fraction of sp³-hybridized carbons (Fsp3) is 0.500. The molecule has 0 aliphatic carbocycles. The largest absolute Gasteiger partial charge is 0.370 e. The summed E-state index contributed by atoms with van der Waals surface area (Å²) < 4.78 is 0. The average molecular weight is 286 g/mol. The van der Waals surface area contributed by atoms with Crippen molar-refractivity contribution in [1.82, 2.24) is 5.32 Å². The van der Waals surface area contributed by atoms with Gasteiger partial charge in [-0.1, -0.05) is 13.0 Å². The van der Waals surface area contributed by atoms with Crippen molar-refractivity contribution in [3.63, 3.8) is 0 Å². The van der Waals surface area contributed by atoms with Gasteiger partial charge in [0.15, 0.2) is 0 Å². The Kier molecular flexibility index (Phi) is 4.81. The van der Waals surface area contributed by atoms with E-state index in [9.17, 15) is 4.79 Å². The van der Waals surface area contributed by atoms with Crippen molar-refractivity contribution < 1.29 is 4.79 Å². The Morgan fingerprint density at radius 1 is 1.48 bits per heavy atom. The van der Waals surface area contributed by atoms with Gasteiger partial charge in [-0.2, -0.15) is 5.26 Å². The SMILES string of the molecule is CCNC1C(=O)Nc2cc(N(CC)CC(C)C#N)ccc21. The highest BCUT2D eigenvalue weighted by molar-refractivity contribution is 6.03. The van der Waals surface area contributed by atoms with E-state index in [1.807, 2.05) is 32.0 Å². The van der Waals surface area contributed by atoms with Crippen LogP contribution in [0, 0.1) is 17.2 Å². The molecular formula is C16H22N4O. The van der Waals surface area contributed by atoms with Crippen molar-refractivity contribution in [3.05, 3.63) is 23.8 Å². The van der Waals surface area contributed by atoms with E-state index >= 15 is 0 Å². The van der Waals surface area contributed by atoms with E-state index in [0.717, 1.165) is 30.0 Å². The summed E-state index contributed by atoms with van der Waals surface area (Å²) in [4.78, 5) is 14.1. The zero-order chi connectivity index (χ0) is 15.4. The summed E-state index contributed by atoms with van der Waals surface area (Å²) >= 11 is 0. The molecule has 0 fully saturated rings. The number of nitrogens with one attached hydrogen (secondary N) is 2. The predicted molar refractivity (Wildman–Crippen MR) is 84.2 cm³/mol. The van der Waals surface area contributed by atoms with E-state index in [1.54, 1.807) is 0 Å². The monoisotopic (exact) mass is 286 g/mol. The smallest absolute Gasteiger partial charge is 0.246 e. The molecule has 0 radical (unpaired) electrons. The van der Waals surface area contributed by atoms with Crippen LogP contribution >= 0.6 is 0 Å². The van der Waals surface area contributed by atoms with Crippen LogP contribution in [0.5, 0.6) is 0 Å². The Morgan fingerprint density at radius 3 is 2.86 bits per heavy atom. The second kappa shape index (κ2) is 6.59. The van der Waals surface area contributed by atoms with Gasteiger partial charge in [-0.05, 0) is 32.5 Å². The molecular weight excluding hydrogens is 264 g/mol. The van der Waals surface area contributed by atoms with E-state index in [4.69, 9.17) is 5.26 Å². The predicted octanol–water partition coefficient (Wildman–Crippen LogP) is 2.28. The fourth-order valence-electron chi connectivity index (χ4n) is 2.64. The van der Waals surface area contributed by atoms with Gasteiger partial charge >= 0.3 is 0 Å². The number of rotatable bonds is 6. The van der Waals surface area contributed by atoms with Gasteiger partial charge < -0.3 is 15.5 Å². The summed E-state index contributed by atoms with van der Waals surface area (Å²) in [6, 6.07) is 8.02. The quantitative estimate of drug-likeness (QED) is 0.842. The second-order valence-electron chi connectivity index (χ2n) is 5.32. The third-order valence-electron chi connectivity index (χ3n) is 3.74. The minimum atomic E-state index is -0.257. The summed E-state index contributed by atoms with van der Waals surface area (Å²) in [6.45, 7) is 8.24. The first-order chi connectivity index (χ1) is 10.1. The van der Waals surface area contributed by atoms with Crippen LogP contribution in [0.1, 0.15) is 32.4 Å². The molecule has 2 atom stereocenters. The molecule has 0 bridgehead atoms. The van der Waals surface area contributed by atoms with Crippen molar-refractivity contribution in [2.24, 2.45) is 5.92 Å². The van der Waals surface area contributed by atoms with Gasteiger partial charge in [-0.3, -0.25) is 4.79 Å². The summed E-state index contributed by atoms with van der Waals surface area (Å²) in [5.41, 5.74) is 2.90. The maximum atomic E-state index is 12.0. The van der Waals surface area contributed by atoms with Gasteiger partial charge in [-0.25, -0.2) is 0 Å². The standard InChI is InChI=1S/C16H22N4O/c1-4-18-15-13-7-6-12(8-14(13)19-16(15)21)20(5-2)10-11(3)9-17/h6-8,11,15,18H,4-5,10H2,1-3H3,(H,19,21). The highest BCUT2D eigenvalue weighted by atomic mass is 16.2. The maximum absolute atomic E-state index is 12.0. The number of hydrogen-bond donors (Lipinski definition) is 2. The third-order valence-corrected chi connectivity index (χ3v) is 3.74. The molecule has 1 aliphatic rings. The molecule has 1 aromatic rings. The number of nitriles is 1. The Bertz CT molecular complexity index is 564. The van der Waals surface area contributed by atoms with Gasteiger partial charge in [0, 0.05) is 30.0 Å². The lowest BCUT2D eigenvalue weighted by molar-refractivity contribution is -0.117. The fourth-order valence-corrected chi connectivity index (χ4v) is 2.64. The topological polar surface area (TPSA) is 68.2 Å². The van der Waals surface area contributed by atoms with Crippen LogP contribution in [0.2, 0.25) is 0 Å². The van der Waals surface area contributed by atoms with Crippen LogP contribution in [-0.4, -0.2) is 25.5 Å². The molecule has 1 aliphatic heterocycles. The van der Waals surface area contributed by atoms with E-state index < -0.39 is 0 Å². The molecule has 2 unspecified atom stereocenters. The third kappa shape index (κ3) is 3.17. The van der Waals surface area contributed by atoms with Crippen molar-refractivity contribution in [3.8, 4) is 6.07 Å². The number of fused-ring (bicyclic) bond motifs is 1. The lowest BCUT2D eigenvalue weighted by Gasteiger charge is -2.24. The summed E-state index contributed by atoms with van der Waals surface area (Å²) in [5.74, 6) is -0.0280. The van der Waals surface area contributed by atoms with Crippen molar-refractivity contribution in [1.29, 1.82) is 5.26 Å². The number of carbonyl (C=O) groups is 1. The number of amides is 1. The Labute approximate surface area is 125 Å². The maximum Gasteiger partial charge on any atom is 0.246 e. The molecule has 0 saturated heterocycles. The highest BCUT2D eigenvalue weighted by Gasteiger charge is 2.30. The number of hydrogen-bond acceptors (Lipinski definition) is 4. The van der Waals surface area contributed by atoms with Gasteiger partial charge in [0.2, 0.25) is 5.91 Å². The number of anilines is 2. The van der Waals surface area contributed by atoms with Crippen molar-refractivity contribution in [2.75, 3.05) is 29.9 Å². The van der Waals surface area contributed by atoms with Gasteiger partial charge in [0.1, 0.15) is 6.04 Å². The zero-order valence-electron chi connectivity index (χ0n) is 12.8. The lowest BCUT2D eigenvalue weighted by Crippen LogP contribution is -2.27. The van der Waals surface area contributed by atoms with Crippen LogP contribution in [0.3, 0.4) is 0 Å². The Morgan fingerprint density at radius 2 is 2.24 bits per heavy atom. The van der Waals surface area contributed by atoms with Crippen LogP contribution in [-0.2, 0) is 4.79 Å². The minimum absolute atomic E-state index is 0.00237. The van der Waals surface area contributed by atoms with Crippen LogP contribution in [0.4, 0.5) is 11.4 Å². The molecule has 5 nitrogen and oxygen atoms in total. The minimum Gasteiger partial charge on any atom is -0.370 e. The van der Waals surface area contributed by atoms with E-state index in [1.165, 1.54) is 0 Å². The average Bonchev–Trinajstić information content (AvgIpc) is 2.80. The first-order valence-electron chi connectivity index (χ1n) is 7.43. The summed E-state index contributed by atoms with van der Waals surface area (Å²) in [5, 5.41) is 15.1. The number of benzene rings is 1. The van der Waals surface area contributed by atoms with Gasteiger partial charge in [-0.15, -0.1) is 0 Å². The molecule has 21 heavy (non-hydrogen) atoms. The molecule has 2 rings (SSSR count). The molecule has 1 amide bonds. The first kappa shape index (κ1) is 15.3. The molecule has 1 aromatic carbocycles. The molecule has 0 saturated carbocycles. The van der Waals surface area contributed by atoms with Crippen molar-refractivity contribution >= 4 is 17.3 Å². The van der Waals surface area contributed by atoms with Gasteiger partial charge in [0.05, 0.1) is 12.0 Å². The van der Waals surface area contributed by atoms with Crippen LogP contribution in [0.15, 0.2) is 18.2 Å². The molecule has 0 aromatic heterocycles. The summed E-state index contributed by atoms with van der Waals surface area (Å²) in [6.07, 6.45) is 0. The van der Waals surface area contributed by atoms with Crippen LogP contribution < -0.4 is 15.5 Å². The van der Waals surface area contributed by atoms with E-state index in [2.05, 4.69) is 28.5 Å². The lowest BCUT2D eigenvalue weighted by atomic mass is 10.1. The van der Waals surface area contributed by atoms with E-state index in [-0.39, 0.29) is 17.9 Å². The Hall–Kier alpha value is -2.06. The number of likely N-dealkylation sites (N-methyl/N-ethyl adjacent to an activating group) is 1. The zero-order valence-corrected chi connectivity index (χ0v) is 12.8. The molecule has 0 spiro atoms. The molecule has 2 N–H and O–H groups in total.